The van der Waals surface area contributed by atoms with Gasteiger partial charge in [-0.15, -0.1) is 0 Å². The van der Waals surface area contributed by atoms with Crippen molar-refractivity contribution in [3.63, 3.8) is 0 Å². The number of carbonyl (C=O) groups excluding carboxylic acids is 1. The van der Waals surface area contributed by atoms with Crippen molar-refractivity contribution < 1.29 is 19.4 Å². The second-order valence-electron chi connectivity index (χ2n) is 9.96. The van der Waals surface area contributed by atoms with Gasteiger partial charge in [0.2, 0.25) is 0 Å². The van der Waals surface area contributed by atoms with E-state index in [1.807, 2.05) is 39.8 Å². The summed E-state index contributed by atoms with van der Waals surface area (Å²) < 4.78 is 5.32. The van der Waals surface area contributed by atoms with E-state index in [1.165, 1.54) is 6.42 Å². The molecule has 1 N–H and O–H groups in total. The first-order valence-corrected chi connectivity index (χ1v) is 11.5. The molecule has 30 heavy (non-hydrogen) atoms. The molecule has 0 aliphatic rings. The van der Waals surface area contributed by atoms with E-state index in [2.05, 4.69) is 41.5 Å². The van der Waals surface area contributed by atoms with Gasteiger partial charge in [-0.3, -0.25) is 0 Å². The van der Waals surface area contributed by atoms with Crippen molar-refractivity contribution in [2.24, 2.45) is 23.7 Å². The number of carboxylic acid groups (broad SMARTS) is 1. The molecule has 0 aromatic heterocycles. The standard InChI is InChI=1S/C15H28O2.C11H20O2/c1-8-11(2)9-12(3)10-13(4)14(16)17-15(5,6)7;1-5-8(2)6-9(3)7-10(4)11(12)13/h10-12H,8-9H2,1-7H3;7-9H,5-6H2,1-4H3,(H,12,13)/b13-10+;10-7+/t11-,12-;8-,9-/m11/s1. The Balaban J connectivity index is 0. The van der Waals surface area contributed by atoms with Crippen molar-refractivity contribution in [2.75, 3.05) is 0 Å². The highest BCUT2D eigenvalue weighted by Crippen LogP contribution is 2.19. The van der Waals surface area contributed by atoms with Crippen molar-refractivity contribution in [3.8, 4) is 0 Å². The first-order chi connectivity index (χ1) is 13.6. The maximum absolute atomic E-state index is 11.8. The predicted molar refractivity (Wildman–Crippen MR) is 127 cm³/mol. The molecular formula is C26H48O4. The molecule has 0 spiro atoms. The summed E-state index contributed by atoms with van der Waals surface area (Å²) in [7, 11) is 0. The van der Waals surface area contributed by atoms with Crippen LogP contribution in [0.3, 0.4) is 0 Å². The lowest BCUT2D eigenvalue weighted by atomic mass is 9.94. The average Bonchev–Trinajstić information content (AvgIpc) is 2.59. The maximum atomic E-state index is 11.8. The SMILES string of the molecule is CC[C@@H](C)C[C@@H](C)/C=C(\C)C(=O)O.CC[C@@H](C)C[C@@H](C)/C=C(\C)C(=O)OC(C)(C)C. The molecule has 0 amide bonds. The van der Waals surface area contributed by atoms with Crippen LogP contribution in [-0.2, 0) is 14.3 Å². The van der Waals surface area contributed by atoms with Gasteiger partial charge in [0.25, 0.3) is 0 Å². The minimum absolute atomic E-state index is 0.200. The summed E-state index contributed by atoms with van der Waals surface area (Å²) in [4.78, 5) is 22.3. The molecule has 0 bridgehead atoms. The fraction of sp³-hybridized carbons (Fsp3) is 0.769. The van der Waals surface area contributed by atoms with Gasteiger partial charge in [0.1, 0.15) is 5.60 Å². The summed E-state index contributed by atoms with van der Waals surface area (Å²) >= 11 is 0. The number of hydrogen-bond donors (Lipinski definition) is 1. The Bertz CT molecular complexity index is 566. The Hall–Kier alpha value is -1.58. The topological polar surface area (TPSA) is 63.6 Å². The molecule has 0 aromatic rings. The second kappa shape index (κ2) is 15.3. The number of carbonyl (C=O) groups is 2. The van der Waals surface area contributed by atoms with Gasteiger partial charge in [-0.05, 0) is 71.1 Å². The second-order valence-corrected chi connectivity index (χ2v) is 9.96. The van der Waals surface area contributed by atoms with E-state index in [4.69, 9.17) is 9.84 Å². The minimum Gasteiger partial charge on any atom is -0.478 e. The number of esters is 1. The van der Waals surface area contributed by atoms with E-state index in [0.29, 0.717) is 29.2 Å². The summed E-state index contributed by atoms with van der Waals surface area (Å²) in [6, 6.07) is 0. The van der Waals surface area contributed by atoms with Crippen LogP contribution in [0.15, 0.2) is 23.3 Å². The molecule has 0 aliphatic carbocycles. The molecule has 0 radical (unpaired) electrons. The molecule has 0 saturated heterocycles. The van der Waals surface area contributed by atoms with Crippen molar-refractivity contribution in [2.45, 2.75) is 107 Å². The molecule has 0 aromatic carbocycles. The van der Waals surface area contributed by atoms with Crippen molar-refractivity contribution in [1.82, 2.24) is 0 Å². The van der Waals surface area contributed by atoms with Gasteiger partial charge >= 0.3 is 11.9 Å². The number of hydrogen-bond acceptors (Lipinski definition) is 3. The molecule has 4 heteroatoms. The highest BCUT2D eigenvalue weighted by atomic mass is 16.6. The Morgan fingerprint density at radius 1 is 0.833 bits per heavy atom. The van der Waals surface area contributed by atoms with Gasteiger partial charge in [0.05, 0.1) is 0 Å². The van der Waals surface area contributed by atoms with Crippen LogP contribution >= 0.6 is 0 Å². The van der Waals surface area contributed by atoms with Crippen LogP contribution in [-0.4, -0.2) is 22.6 Å². The van der Waals surface area contributed by atoms with E-state index in [1.54, 1.807) is 6.92 Å². The Morgan fingerprint density at radius 2 is 1.20 bits per heavy atom. The summed E-state index contributed by atoms with van der Waals surface area (Å²) in [5.74, 6) is 1.16. The van der Waals surface area contributed by atoms with Gasteiger partial charge in [-0.2, -0.15) is 0 Å². The smallest absolute Gasteiger partial charge is 0.333 e. The molecular weight excluding hydrogens is 376 g/mol. The molecule has 0 fully saturated rings. The van der Waals surface area contributed by atoms with Gasteiger partial charge in [0, 0.05) is 11.1 Å². The Morgan fingerprint density at radius 3 is 1.50 bits per heavy atom. The van der Waals surface area contributed by atoms with Gasteiger partial charge in [-0.25, -0.2) is 9.59 Å². The van der Waals surface area contributed by atoms with Crippen LogP contribution in [0.4, 0.5) is 0 Å². The summed E-state index contributed by atoms with van der Waals surface area (Å²) in [6.45, 7) is 22.2. The molecule has 0 saturated carbocycles. The number of carboxylic acids is 1. The lowest BCUT2D eigenvalue weighted by molar-refractivity contribution is -0.149. The predicted octanol–water partition coefficient (Wildman–Crippen LogP) is 7.44. The van der Waals surface area contributed by atoms with Gasteiger partial charge in [0.15, 0.2) is 0 Å². The number of ether oxygens (including phenoxy) is 1. The third-order valence-corrected chi connectivity index (χ3v) is 5.07. The zero-order valence-electron chi connectivity index (χ0n) is 21.5. The van der Waals surface area contributed by atoms with E-state index in [0.717, 1.165) is 24.8 Å². The molecule has 4 atom stereocenters. The van der Waals surface area contributed by atoms with Crippen LogP contribution in [0, 0.1) is 23.7 Å². The van der Waals surface area contributed by atoms with Crippen LogP contribution in [0.25, 0.3) is 0 Å². The molecule has 4 nitrogen and oxygen atoms in total. The quantitative estimate of drug-likeness (QED) is 0.292. The summed E-state index contributed by atoms with van der Waals surface area (Å²) in [5, 5.41) is 8.65. The van der Waals surface area contributed by atoms with Gasteiger partial charge in [-0.1, -0.05) is 66.5 Å². The monoisotopic (exact) mass is 424 g/mol. The molecule has 176 valence electrons. The zero-order chi connectivity index (χ0) is 24.1. The number of rotatable bonds is 10. The average molecular weight is 425 g/mol. The highest BCUT2D eigenvalue weighted by Gasteiger charge is 2.18. The molecule has 0 heterocycles. The van der Waals surface area contributed by atoms with Crippen LogP contribution in [0.1, 0.15) is 102 Å². The van der Waals surface area contributed by atoms with Crippen LogP contribution in [0.5, 0.6) is 0 Å². The van der Waals surface area contributed by atoms with Crippen molar-refractivity contribution in [3.05, 3.63) is 23.3 Å². The highest BCUT2D eigenvalue weighted by molar-refractivity contribution is 5.88. The Kier molecular flexibility index (Phi) is 15.6. The van der Waals surface area contributed by atoms with E-state index >= 15 is 0 Å². The molecule has 0 aliphatic heterocycles. The van der Waals surface area contributed by atoms with Crippen molar-refractivity contribution >= 4 is 11.9 Å². The zero-order valence-corrected chi connectivity index (χ0v) is 21.5. The minimum atomic E-state index is -0.809. The first kappa shape index (κ1) is 30.6. The first-order valence-electron chi connectivity index (χ1n) is 11.5. The normalized spacial score (nSPS) is 16.6. The summed E-state index contributed by atoms with van der Waals surface area (Å²) in [5.41, 5.74) is 0.762. The lowest BCUT2D eigenvalue weighted by Crippen LogP contribution is -2.24. The molecule has 0 unspecified atom stereocenters. The van der Waals surface area contributed by atoms with Gasteiger partial charge < -0.3 is 9.84 Å². The molecule has 0 rings (SSSR count). The third-order valence-electron chi connectivity index (χ3n) is 5.07. The van der Waals surface area contributed by atoms with Crippen molar-refractivity contribution in [1.29, 1.82) is 0 Å². The van der Waals surface area contributed by atoms with E-state index < -0.39 is 11.6 Å². The van der Waals surface area contributed by atoms with Crippen LogP contribution < -0.4 is 0 Å². The maximum Gasteiger partial charge on any atom is 0.333 e. The lowest BCUT2D eigenvalue weighted by Gasteiger charge is -2.20. The Labute approximate surface area is 186 Å². The number of aliphatic carboxylic acids is 1. The summed E-state index contributed by atoms with van der Waals surface area (Å²) in [6.07, 6.45) is 8.40. The largest absolute Gasteiger partial charge is 0.478 e. The number of allylic oxidation sites excluding steroid dienone is 2. The van der Waals surface area contributed by atoms with E-state index in [-0.39, 0.29) is 5.97 Å². The third kappa shape index (κ3) is 17.3. The van der Waals surface area contributed by atoms with Crippen LogP contribution in [0.2, 0.25) is 0 Å². The fourth-order valence-electron chi connectivity index (χ4n) is 3.09. The fourth-order valence-corrected chi connectivity index (χ4v) is 3.09. The van der Waals surface area contributed by atoms with E-state index in [9.17, 15) is 9.59 Å².